The fourth-order valence-electron chi connectivity index (χ4n) is 1.99. The molecule has 19 heavy (non-hydrogen) atoms. The van der Waals surface area contributed by atoms with E-state index in [1.54, 1.807) is 11.3 Å². The molecule has 0 bridgehead atoms. The second-order valence-corrected chi connectivity index (χ2v) is 7.41. The van der Waals surface area contributed by atoms with Gasteiger partial charge < -0.3 is 10.6 Å². The van der Waals surface area contributed by atoms with Crippen LogP contribution in [-0.4, -0.2) is 7.05 Å². The van der Waals surface area contributed by atoms with Gasteiger partial charge in [0.1, 0.15) is 0 Å². The van der Waals surface area contributed by atoms with Crippen molar-refractivity contribution in [2.75, 3.05) is 11.9 Å². The lowest BCUT2D eigenvalue weighted by molar-refractivity contribution is 0.802. The number of thiophene rings is 1. The SMILES string of the molecule is CC(N)c1cc(Br)ccc1N(C)Cc1cc(Br)cs1. The van der Waals surface area contributed by atoms with Crippen LogP contribution >= 0.6 is 43.2 Å². The summed E-state index contributed by atoms with van der Waals surface area (Å²) in [6.45, 7) is 2.90. The summed E-state index contributed by atoms with van der Waals surface area (Å²) in [6, 6.07) is 8.45. The fraction of sp³-hybridized carbons (Fsp3) is 0.286. The molecule has 1 unspecified atom stereocenters. The Hall–Kier alpha value is -0.360. The van der Waals surface area contributed by atoms with Crippen molar-refractivity contribution in [3.63, 3.8) is 0 Å². The molecular weight excluding hydrogens is 388 g/mol. The van der Waals surface area contributed by atoms with E-state index in [0.717, 1.165) is 21.1 Å². The third-order valence-electron chi connectivity index (χ3n) is 2.91. The summed E-state index contributed by atoms with van der Waals surface area (Å²) in [5.74, 6) is 0. The number of nitrogens with two attached hydrogens (primary N) is 1. The molecule has 1 heterocycles. The maximum absolute atomic E-state index is 6.07. The molecule has 0 fully saturated rings. The lowest BCUT2D eigenvalue weighted by atomic mass is 10.1. The number of hydrogen-bond donors (Lipinski definition) is 1. The monoisotopic (exact) mass is 402 g/mol. The molecule has 1 atom stereocenters. The van der Waals surface area contributed by atoms with Crippen LogP contribution in [0, 0.1) is 0 Å². The van der Waals surface area contributed by atoms with Gasteiger partial charge in [0.2, 0.25) is 0 Å². The van der Waals surface area contributed by atoms with Crippen molar-refractivity contribution in [3.05, 3.63) is 49.0 Å². The summed E-state index contributed by atoms with van der Waals surface area (Å²) >= 11 is 8.76. The van der Waals surface area contributed by atoms with Crippen molar-refractivity contribution >= 4 is 48.9 Å². The Morgan fingerprint density at radius 1 is 1.26 bits per heavy atom. The smallest absolute Gasteiger partial charge is 0.0520 e. The maximum atomic E-state index is 6.07. The topological polar surface area (TPSA) is 29.3 Å². The van der Waals surface area contributed by atoms with Crippen LogP contribution in [0.15, 0.2) is 38.6 Å². The molecule has 2 N–H and O–H groups in total. The minimum absolute atomic E-state index is 0.0185. The van der Waals surface area contributed by atoms with Gasteiger partial charge in [0.15, 0.2) is 0 Å². The summed E-state index contributed by atoms with van der Waals surface area (Å²) in [6.07, 6.45) is 0. The molecule has 2 rings (SSSR count). The Morgan fingerprint density at radius 3 is 2.58 bits per heavy atom. The van der Waals surface area contributed by atoms with Crippen LogP contribution < -0.4 is 10.6 Å². The third-order valence-corrected chi connectivity index (χ3v) is 5.08. The van der Waals surface area contributed by atoms with Crippen LogP contribution in [-0.2, 0) is 6.54 Å². The molecule has 1 aromatic heterocycles. The van der Waals surface area contributed by atoms with E-state index in [0.29, 0.717) is 0 Å². The van der Waals surface area contributed by atoms with Crippen molar-refractivity contribution in [1.29, 1.82) is 0 Å². The predicted octanol–water partition coefficient (Wildman–Crippen LogP) is 4.93. The van der Waals surface area contributed by atoms with E-state index in [-0.39, 0.29) is 6.04 Å². The van der Waals surface area contributed by atoms with E-state index in [9.17, 15) is 0 Å². The largest absolute Gasteiger partial charge is 0.369 e. The zero-order chi connectivity index (χ0) is 14.0. The first kappa shape index (κ1) is 15.0. The minimum Gasteiger partial charge on any atom is -0.369 e. The first-order valence-corrected chi connectivity index (χ1v) is 8.43. The first-order chi connectivity index (χ1) is 8.97. The normalized spacial score (nSPS) is 12.5. The quantitative estimate of drug-likeness (QED) is 0.783. The molecule has 5 heteroatoms. The fourth-order valence-corrected chi connectivity index (χ4v) is 3.88. The maximum Gasteiger partial charge on any atom is 0.0520 e. The van der Waals surface area contributed by atoms with Crippen molar-refractivity contribution in [1.82, 2.24) is 0 Å². The summed E-state index contributed by atoms with van der Waals surface area (Å²) in [4.78, 5) is 3.57. The number of halogens is 2. The Bertz CT molecular complexity index is 566. The lowest BCUT2D eigenvalue weighted by Gasteiger charge is -2.23. The van der Waals surface area contributed by atoms with Gasteiger partial charge in [-0.05, 0) is 52.7 Å². The molecule has 2 aromatic rings. The van der Waals surface area contributed by atoms with Crippen LogP contribution in [0.2, 0.25) is 0 Å². The Balaban J connectivity index is 2.25. The minimum atomic E-state index is 0.0185. The lowest BCUT2D eigenvalue weighted by Crippen LogP contribution is -2.19. The second kappa shape index (κ2) is 6.39. The predicted molar refractivity (Wildman–Crippen MR) is 90.9 cm³/mol. The van der Waals surface area contributed by atoms with E-state index in [1.807, 2.05) is 6.92 Å². The number of nitrogens with zero attached hydrogens (tertiary/aromatic N) is 1. The number of rotatable bonds is 4. The zero-order valence-corrected chi connectivity index (χ0v) is 14.8. The highest BCUT2D eigenvalue weighted by molar-refractivity contribution is 9.10. The summed E-state index contributed by atoms with van der Waals surface area (Å²) in [5.41, 5.74) is 8.41. The van der Waals surface area contributed by atoms with Crippen molar-refractivity contribution in [2.24, 2.45) is 5.73 Å². The molecule has 2 nitrogen and oxygen atoms in total. The van der Waals surface area contributed by atoms with Crippen molar-refractivity contribution < 1.29 is 0 Å². The van der Waals surface area contributed by atoms with Gasteiger partial charge in [0.25, 0.3) is 0 Å². The molecule has 0 radical (unpaired) electrons. The first-order valence-electron chi connectivity index (χ1n) is 5.96. The second-order valence-electron chi connectivity index (χ2n) is 4.58. The van der Waals surface area contributed by atoms with Gasteiger partial charge in [-0.25, -0.2) is 0 Å². The van der Waals surface area contributed by atoms with Crippen LogP contribution in [0.25, 0.3) is 0 Å². The molecule has 0 spiro atoms. The molecule has 0 amide bonds. The standard InChI is InChI=1S/C14H16Br2N2S/c1-9(17)13-6-10(15)3-4-14(13)18(2)7-12-5-11(16)8-19-12/h3-6,8-9H,7,17H2,1-2H3. The molecule has 0 aliphatic rings. The van der Waals surface area contributed by atoms with Crippen LogP contribution in [0.1, 0.15) is 23.4 Å². The van der Waals surface area contributed by atoms with E-state index in [4.69, 9.17) is 5.73 Å². The van der Waals surface area contributed by atoms with Crippen LogP contribution in [0.5, 0.6) is 0 Å². The highest BCUT2D eigenvalue weighted by Gasteiger charge is 2.12. The van der Waals surface area contributed by atoms with Gasteiger partial charge in [-0.1, -0.05) is 15.9 Å². The van der Waals surface area contributed by atoms with E-state index < -0.39 is 0 Å². The Labute approximate surface area is 134 Å². The molecule has 0 aliphatic carbocycles. The molecule has 1 aromatic carbocycles. The van der Waals surface area contributed by atoms with Gasteiger partial charge in [-0.2, -0.15) is 0 Å². The Morgan fingerprint density at radius 2 is 2.00 bits per heavy atom. The van der Waals surface area contributed by atoms with Crippen molar-refractivity contribution in [2.45, 2.75) is 19.5 Å². The highest BCUT2D eigenvalue weighted by atomic mass is 79.9. The molecular formula is C14H16Br2N2S. The van der Waals surface area contributed by atoms with E-state index >= 15 is 0 Å². The third kappa shape index (κ3) is 3.81. The molecule has 0 aliphatic heterocycles. The Kier molecular flexibility index (Phi) is 5.06. The number of hydrogen-bond acceptors (Lipinski definition) is 3. The molecule has 102 valence electrons. The number of anilines is 1. The summed E-state index contributed by atoms with van der Waals surface area (Å²) in [5, 5.41) is 2.11. The molecule has 0 saturated heterocycles. The van der Waals surface area contributed by atoms with Gasteiger partial charge in [0, 0.05) is 38.0 Å². The van der Waals surface area contributed by atoms with E-state index in [1.165, 1.54) is 10.6 Å². The summed E-state index contributed by atoms with van der Waals surface area (Å²) in [7, 11) is 2.10. The van der Waals surface area contributed by atoms with Gasteiger partial charge in [0.05, 0.1) is 6.54 Å². The number of benzene rings is 1. The van der Waals surface area contributed by atoms with Gasteiger partial charge in [-0.3, -0.25) is 0 Å². The summed E-state index contributed by atoms with van der Waals surface area (Å²) < 4.78 is 2.21. The van der Waals surface area contributed by atoms with Gasteiger partial charge in [-0.15, -0.1) is 11.3 Å². The average molecular weight is 404 g/mol. The van der Waals surface area contributed by atoms with Gasteiger partial charge >= 0.3 is 0 Å². The van der Waals surface area contributed by atoms with Crippen LogP contribution in [0.4, 0.5) is 5.69 Å². The van der Waals surface area contributed by atoms with E-state index in [2.05, 4.69) is 73.5 Å². The van der Waals surface area contributed by atoms with Crippen molar-refractivity contribution in [3.8, 4) is 0 Å². The zero-order valence-electron chi connectivity index (χ0n) is 10.9. The average Bonchev–Trinajstić information content (AvgIpc) is 2.74. The van der Waals surface area contributed by atoms with Crippen LogP contribution in [0.3, 0.4) is 0 Å². The molecule has 0 saturated carbocycles. The highest BCUT2D eigenvalue weighted by Crippen LogP contribution is 2.30.